The Hall–Kier alpha value is -3.43. The molecule has 32 heavy (non-hydrogen) atoms. The minimum absolute atomic E-state index is 0. The van der Waals surface area contributed by atoms with Gasteiger partial charge in [0.15, 0.2) is 17.5 Å². The Morgan fingerprint density at radius 1 is 1.28 bits per heavy atom. The molecule has 1 aliphatic carbocycles. The largest absolute Gasteiger partial charge is 0.428 e. The molecule has 1 aliphatic heterocycles. The number of carbonyl (C=O) groups excluding carboxylic acids is 1. The Labute approximate surface area is 185 Å². The second-order valence-electron chi connectivity index (χ2n) is 8.59. The average Bonchev–Trinajstić information content (AvgIpc) is 2.69. The molecule has 10 heteroatoms. The number of nitrogens with one attached hydrogen (secondary N) is 3. The zero-order valence-corrected chi connectivity index (χ0v) is 18.0. The van der Waals surface area contributed by atoms with Crippen LogP contribution in [0.1, 0.15) is 40.1 Å². The van der Waals surface area contributed by atoms with Crippen LogP contribution in [-0.2, 0) is 4.74 Å². The molecular formula is C22H26F2N6O2. The van der Waals surface area contributed by atoms with Crippen LogP contribution in [0.4, 0.5) is 19.3 Å². The Balaban J connectivity index is 0.00000306. The number of halogens is 2. The number of ether oxygens (including phenoxy) is 1. The van der Waals surface area contributed by atoms with Gasteiger partial charge in [0.25, 0.3) is 0 Å². The average molecular weight is 444 g/mol. The fraction of sp³-hybridized carbons (Fsp3) is 0.409. The van der Waals surface area contributed by atoms with Crippen molar-refractivity contribution in [2.75, 3.05) is 5.32 Å². The molecule has 0 radical (unpaired) electrons. The fourth-order valence-electron chi connectivity index (χ4n) is 4.85. The number of likely N-dealkylation sites (tertiary alicyclic amines) is 1. The number of nitrogens with zero attached hydrogens (tertiary/aromatic N) is 3. The van der Waals surface area contributed by atoms with Gasteiger partial charge in [-0.1, -0.05) is 6.92 Å². The number of rotatable bonds is 3. The highest BCUT2D eigenvalue weighted by atomic mass is 19.1. The molecule has 3 atom stereocenters. The molecule has 2 amide bonds. The molecule has 8 nitrogen and oxygen atoms in total. The van der Waals surface area contributed by atoms with E-state index in [4.69, 9.17) is 15.6 Å². The number of fused-ring (bicyclic) bond motifs is 2. The minimum Gasteiger partial charge on any atom is -0.428 e. The van der Waals surface area contributed by atoms with E-state index >= 15 is 0 Å². The third-order valence-electron chi connectivity index (χ3n) is 6.07. The van der Waals surface area contributed by atoms with E-state index < -0.39 is 23.2 Å². The van der Waals surface area contributed by atoms with Crippen LogP contribution in [0.2, 0.25) is 0 Å². The summed E-state index contributed by atoms with van der Waals surface area (Å²) in [5.74, 6) is -0.992. The van der Waals surface area contributed by atoms with Crippen LogP contribution in [-0.4, -0.2) is 44.3 Å². The maximum Gasteiger partial charge on any atom is 0.323 e. The van der Waals surface area contributed by atoms with Crippen molar-refractivity contribution in [1.82, 2.24) is 14.9 Å². The zero-order chi connectivity index (χ0) is 23.2. The number of anilines is 1. The molecular weight excluding hydrogens is 418 g/mol. The molecule has 0 spiro atoms. The Kier molecular flexibility index (Phi) is 5.39. The molecule has 1 aromatic carbocycles. The lowest BCUT2D eigenvalue weighted by Gasteiger charge is -2.62. The predicted octanol–water partition coefficient (Wildman–Crippen LogP) is 4.74. The number of benzene rings is 1. The zero-order valence-electron chi connectivity index (χ0n) is 18.0. The van der Waals surface area contributed by atoms with Crippen molar-refractivity contribution in [3.05, 3.63) is 41.7 Å². The Morgan fingerprint density at radius 3 is 2.62 bits per heavy atom. The van der Waals surface area contributed by atoms with Gasteiger partial charge in [0.2, 0.25) is 5.90 Å². The summed E-state index contributed by atoms with van der Waals surface area (Å²) in [5.41, 5.74) is -0.00898. The van der Waals surface area contributed by atoms with E-state index in [0.717, 1.165) is 18.8 Å². The summed E-state index contributed by atoms with van der Waals surface area (Å²) in [4.78, 5) is 22.6. The van der Waals surface area contributed by atoms with Crippen molar-refractivity contribution >= 4 is 23.5 Å². The second kappa shape index (κ2) is 7.92. The first-order chi connectivity index (χ1) is 15.1. The fourth-order valence-corrected chi connectivity index (χ4v) is 4.85. The van der Waals surface area contributed by atoms with Gasteiger partial charge < -0.3 is 15.0 Å². The van der Waals surface area contributed by atoms with E-state index in [9.17, 15) is 13.6 Å². The van der Waals surface area contributed by atoms with Gasteiger partial charge in [-0.2, -0.15) is 0 Å². The van der Waals surface area contributed by atoms with Gasteiger partial charge in [0, 0.05) is 26.4 Å². The van der Waals surface area contributed by atoms with Crippen molar-refractivity contribution in [3.8, 4) is 11.4 Å². The van der Waals surface area contributed by atoms with Gasteiger partial charge in [0.1, 0.15) is 11.4 Å². The number of hydrogen-bond acceptors (Lipinski definition) is 6. The second-order valence-corrected chi connectivity index (χ2v) is 8.59. The summed E-state index contributed by atoms with van der Waals surface area (Å²) in [5, 5.41) is 18.5. The van der Waals surface area contributed by atoms with Crippen molar-refractivity contribution in [1.29, 1.82) is 10.8 Å². The highest BCUT2D eigenvalue weighted by Crippen LogP contribution is 2.50. The van der Waals surface area contributed by atoms with Crippen LogP contribution in [0.5, 0.6) is 0 Å². The lowest BCUT2D eigenvalue weighted by atomic mass is 9.64. The smallest absolute Gasteiger partial charge is 0.323 e. The van der Waals surface area contributed by atoms with Gasteiger partial charge in [0.05, 0.1) is 18.1 Å². The molecule has 2 heterocycles. The lowest BCUT2D eigenvalue weighted by molar-refractivity contribution is -0.0539. The molecule has 3 N–H and O–H groups in total. The summed E-state index contributed by atoms with van der Waals surface area (Å²) >= 11 is 0. The first kappa shape index (κ1) is 21.8. The van der Waals surface area contributed by atoms with Crippen LogP contribution in [0, 0.1) is 35.3 Å². The minimum atomic E-state index is -0.946. The van der Waals surface area contributed by atoms with Crippen molar-refractivity contribution < 1.29 is 19.7 Å². The standard InChI is InChI=1S/C22H24F2N6O2.H2/c1-11-4-15-8-22(7-11,20(26)32-13(3)25)30(15)21(31)29-18-6-16(12(2)5-17(18)24)19-27-9-14(23)10-28-19;/h5-6,9-11,15,25-26H,4,7-8H2,1-3H3,(H,29,31);1H/t11-,15?,22?;/m0./s1. The monoisotopic (exact) mass is 444 g/mol. The van der Waals surface area contributed by atoms with Crippen molar-refractivity contribution in [2.45, 2.75) is 51.6 Å². The van der Waals surface area contributed by atoms with Crippen LogP contribution in [0.25, 0.3) is 11.4 Å². The molecule has 2 fully saturated rings. The SMILES string of the molecule is CC(=N)OC(=N)C12CC(C[C@H](C)C1)N2C(=O)Nc1cc(-c2ncc(F)cn2)c(C)cc1F.[HH]. The molecule has 1 aromatic heterocycles. The molecule has 1 saturated heterocycles. The Morgan fingerprint density at radius 2 is 1.97 bits per heavy atom. The first-order valence-electron chi connectivity index (χ1n) is 10.3. The van der Waals surface area contributed by atoms with Crippen molar-refractivity contribution in [2.24, 2.45) is 5.92 Å². The lowest BCUT2D eigenvalue weighted by Crippen LogP contribution is -2.75. The first-order valence-corrected chi connectivity index (χ1v) is 10.3. The topological polar surface area (TPSA) is 115 Å². The van der Waals surface area contributed by atoms with E-state index in [1.165, 1.54) is 24.0 Å². The van der Waals surface area contributed by atoms with Crippen LogP contribution < -0.4 is 5.32 Å². The number of carbonyl (C=O) groups is 1. The summed E-state index contributed by atoms with van der Waals surface area (Å²) in [6, 6.07) is 2.04. The summed E-state index contributed by atoms with van der Waals surface area (Å²) in [7, 11) is 0. The van der Waals surface area contributed by atoms with Gasteiger partial charge in [-0.15, -0.1) is 0 Å². The summed E-state index contributed by atoms with van der Waals surface area (Å²) in [6.07, 6.45) is 3.92. The molecule has 2 bridgehead atoms. The molecule has 2 aromatic rings. The van der Waals surface area contributed by atoms with Crippen molar-refractivity contribution in [3.63, 3.8) is 0 Å². The van der Waals surface area contributed by atoms with E-state index in [1.807, 2.05) is 0 Å². The highest BCUT2D eigenvalue weighted by Gasteiger charge is 2.62. The number of aryl methyl sites for hydroxylation is 1. The van der Waals surface area contributed by atoms with E-state index in [0.29, 0.717) is 24.0 Å². The van der Waals surface area contributed by atoms with Gasteiger partial charge >= 0.3 is 6.03 Å². The van der Waals surface area contributed by atoms with Gasteiger partial charge in [-0.25, -0.2) is 23.5 Å². The quantitative estimate of drug-likeness (QED) is 0.468. The maximum atomic E-state index is 14.7. The van der Waals surface area contributed by atoms with E-state index in [2.05, 4.69) is 22.2 Å². The van der Waals surface area contributed by atoms with Gasteiger partial charge in [-0.3, -0.25) is 10.8 Å². The van der Waals surface area contributed by atoms with Gasteiger partial charge in [-0.05, 0) is 43.4 Å². The van der Waals surface area contributed by atoms with Crippen LogP contribution >= 0.6 is 0 Å². The number of amides is 2. The van der Waals surface area contributed by atoms with E-state index in [1.54, 1.807) is 6.92 Å². The number of aromatic nitrogens is 2. The predicted molar refractivity (Wildman–Crippen MR) is 117 cm³/mol. The van der Waals surface area contributed by atoms with E-state index in [-0.39, 0.29) is 36.7 Å². The summed E-state index contributed by atoms with van der Waals surface area (Å²) in [6.45, 7) is 5.15. The number of piperidine rings is 1. The molecule has 2 unspecified atom stereocenters. The Bertz CT molecular complexity index is 1110. The maximum absolute atomic E-state index is 14.7. The third-order valence-corrected chi connectivity index (χ3v) is 6.07. The van der Waals surface area contributed by atoms with Crippen LogP contribution in [0.15, 0.2) is 24.5 Å². The number of urea groups is 1. The normalized spacial score (nSPS) is 23.8. The third kappa shape index (κ3) is 3.69. The molecule has 170 valence electrons. The molecule has 2 aliphatic rings. The van der Waals surface area contributed by atoms with Crippen LogP contribution in [0.3, 0.4) is 0 Å². The molecule has 4 rings (SSSR count). The highest BCUT2D eigenvalue weighted by molar-refractivity contribution is 6.00. The number of hydrogen-bond donors (Lipinski definition) is 3. The summed E-state index contributed by atoms with van der Waals surface area (Å²) < 4.78 is 33.1. The molecule has 1 saturated carbocycles.